The van der Waals surface area contributed by atoms with Gasteiger partial charge in [-0.05, 0) is 29.3 Å². The number of nitrogens with zero attached hydrogens (tertiary/aromatic N) is 2. The van der Waals surface area contributed by atoms with Gasteiger partial charge in [0.2, 0.25) is 18.6 Å². The lowest BCUT2D eigenvalue weighted by atomic mass is 9.86. The summed E-state index contributed by atoms with van der Waals surface area (Å²) >= 11 is 0. The first-order valence-electron chi connectivity index (χ1n) is 11.6. The normalized spacial score (nSPS) is 31.3. The minimum atomic E-state index is -2.77. The number of aromatic nitrogens is 1. The second kappa shape index (κ2) is 5.76. The zero-order chi connectivity index (χ0) is 24.2. The predicted molar refractivity (Wildman–Crippen MR) is 105 cm³/mol. The van der Waals surface area contributed by atoms with Gasteiger partial charge in [-0.2, -0.15) is 0 Å². The van der Waals surface area contributed by atoms with Gasteiger partial charge >= 0.3 is 0 Å². The van der Waals surface area contributed by atoms with Crippen molar-refractivity contribution in [2.24, 2.45) is 0 Å². The Labute approximate surface area is 173 Å². The molecule has 6 rings (SSSR count). The summed E-state index contributed by atoms with van der Waals surface area (Å²) in [4.78, 5) is 31.5. The number of carbonyl (C=O) groups excluding carboxylic acids is 2. The third-order valence-corrected chi connectivity index (χ3v) is 5.42. The molecule has 146 valence electrons. The van der Waals surface area contributed by atoms with Gasteiger partial charge in [-0.1, -0.05) is 24.3 Å². The number of rotatable bonds is 1. The molecule has 4 heterocycles. The van der Waals surface area contributed by atoms with E-state index < -0.39 is 36.7 Å². The van der Waals surface area contributed by atoms with Crippen LogP contribution in [-0.2, 0) is 16.0 Å². The maximum Gasteiger partial charge on any atom is 0.245 e. The average Bonchev–Trinajstić information content (AvgIpc) is 3.43. The number of ether oxygens (including phenoxy) is 2. The van der Waals surface area contributed by atoms with Crippen molar-refractivity contribution in [1.82, 2.24) is 14.8 Å². The summed E-state index contributed by atoms with van der Waals surface area (Å²) in [7, 11) is 1.13. The number of hydrogen-bond acceptors (Lipinski definition) is 4. The molecule has 0 radical (unpaired) electrons. The molecule has 1 N–H and O–H groups in total. The summed E-state index contributed by atoms with van der Waals surface area (Å²) in [6, 6.07) is 7.59. The summed E-state index contributed by atoms with van der Waals surface area (Å²) in [5, 5.41) is 0.482. The third kappa shape index (κ3) is 2.24. The highest BCUT2D eigenvalue weighted by Gasteiger charge is 2.47. The number of carbonyl (C=O) groups is 2. The van der Waals surface area contributed by atoms with Crippen LogP contribution in [0.25, 0.3) is 10.9 Å². The van der Waals surface area contributed by atoms with Crippen LogP contribution < -0.4 is 9.47 Å². The van der Waals surface area contributed by atoms with Crippen molar-refractivity contribution < 1.29 is 25.9 Å². The molecule has 3 aliphatic rings. The monoisotopic (exact) mass is 394 g/mol. The molecule has 29 heavy (non-hydrogen) atoms. The van der Waals surface area contributed by atoms with Crippen LogP contribution in [0.4, 0.5) is 0 Å². The Balaban J connectivity index is 1.73. The summed E-state index contributed by atoms with van der Waals surface area (Å²) in [6.45, 7) is -2.78. The first kappa shape index (κ1) is 12.2. The van der Waals surface area contributed by atoms with E-state index in [-0.39, 0.29) is 23.6 Å². The second-order valence-electron chi connectivity index (χ2n) is 7.07. The Kier molecular flexibility index (Phi) is 2.42. The molecule has 3 aliphatic heterocycles. The Morgan fingerprint density at radius 1 is 1.17 bits per heavy atom. The minimum absolute atomic E-state index is 0.0128. The Hall–Kier alpha value is -3.48. The zero-order valence-electron chi connectivity index (χ0n) is 20.4. The molecule has 0 unspecified atom stereocenters. The molecule has 2 aromatic carbocycles. The molecule has 0 aliphatic carbocycles. The fourth-order valence-corrected chi connectivity index (χ4v) is 4.07. The van der Waals surface area contributed by atoms with Crippen molar-refractivity contribution in [3.8, 4) is 11.5 Å². The molecule has 0 bridgehead atoms. The van der Waals surface area contributed by atoms with E-state index in [0.717, 1.165) is 11.9 Å². The van der Waals surface area contributed by atoms with Gasteiger partial charge in [0.05, 0.1) is 16.6 Å². The number of hydrogen-bond donors (Lipinski definition) is 1. The highest BCUT2D eigenvalue weighted by Crippen LogP contribution is 2.44. The van der Waals surface area contributed by atoms with E-state index in [1.807, 2.05) is 0 Å². The van der Waals surface area contributed by atoms with Gasteiger partial charge in [-0.25, -0.2) is 0 Å². The Bertz CT molecular complexity index is 1410. The molecule has 7 nitrogen and oxygen atoms in total. The highest BCUT2D eigenvalue weighted by atomic mass is 16.7. The quantitative estimate of drug-likeness (QED) is 0.687. The van der Waals surface area contributed by atoms with Crippen LogP contribution in [0, 0.1) is 0 Å². The molecule has 1 saturated heterocycles. The maximum absolute atomic E-state index is 13.6. The highest BCUT2D eigenvalue weighted by molar-refractivity contribution is 5.97. The van der Waals surface area contributed by atoms with Crippen LogP contribution in [0.1, 0.15) is 29.7 Å². The van der Waals surface area contributed by atoms with Crippen LogP contribution in [0.3, 0.4) is 0 Å². The van der Waals surface area contributed by atoms with Crippen LogP contribution >= 0.6 is 0 Å². The number of amides is 2. The van der Waals surface area contributed by atoms with Gasteiger partial charge in [0.1, 0.15) is 6.04 Å². The lowest BCUT2D eigenvalue weighted by Crippen LogP contribution is -2.62. The van der Waals surface area contributed by atoms with Crippen molar-refractivity contribution in [2.45, 2.75) is 18.4 Å². The molecule has 7 heteroatoms. The van der Waals surface area contributed by atoms with Gasteiger partial charge < -0.3 is 24.3 Å². The predicted octanol–water partition coefficient (Wildman–Crippen LogP) is 2.21. The molecular formula is C22H19N3O4. The van der Waals surface area contributed by atoms with E-state index >= 15 is 0 Å². The SMILES string of the molecule is [2H]C1([2H])c2c([nH]c3ccccc23)[C@@]([2H])(c2ccc3c(c2)OCO3)N2C(=O)C([2H])([2H])N(C)C(=O)[C@H]21. The first-order valence-corrected chi connectivity index (χ1v) is 9.14. The molecule has 0 saturated carbocycles. The van der Waals surface area contributed by atoms with Crippen LogP contribution in [0.5, 0.6) is 11.5 Å². The van der Waals surface area contributed by atoms with Gasteiger partial charge in [0, 0.05) is 32.8 Å². The zero-order valence-corrected chi connectivity index (χ0v) is 15.4. The van der Waals surface area contributed by atoms with E-state index in [9.17, 15) is 11.0 Å². The summed E-state index contributed by atoms with van der Waals surface area (Å²) in [6.07, 6.45) is -2.41. The first-order chi connectivity index (χ1) is 16.0. The van der Waals surface area contributed by atoms with Crippen LogP contribution in [-0.4, -0.2) is 53.0 Å². The van der Waals surface area contributed by atoms with Gasteiger partial charge in [-0.15, -0.1) is 0 Å². The summed E-state index contributed by atoms with van der Waals surface area (Å²) in [5.41, 5.74) is 0.876. The molecule has 1 aromatic heterocycles. The number of para-hydroxylation sites is 1. The third-order valence-electron chi connectivity index (χ3n) is 5.42. The molecule has 3 aromatic rings. The number of piperazine rings is 1. The van der Waals surface area contributed by atoms with Crippen molar-refractivity contribution in [3.05, 3.63) is 59.3 Å². The van der Waals surface area contributed by atoms with Crippen molar-refractivity contribution in [3.63, 3.8) is 0 Å². The lowest BCUT2D eigenvalue weighted by molar-refractivity contribution is -0.157. The number of likely N-dealkylation sites (N-methyl/N-ethyl adjacent to an activating group) is 1. The van der Waals surface area contributed by atoms with Crippen molar-refractivity contribution in [2.75, 3.05) is 20.3 Å². The number of H-pyrrole nitrogens is 1. The average molecular weight is 394 g/mol. The summed E-state index contributed by atoms with van der Waals surface area (Å²) < 4.78 is 55.1. The number of nitrogens with one attached hydrogen (secondary N) is 1. The van der Waals surface area contributed by atoms with Gasteiger partial charge in [-0.3, -0.25) is 9.59 Å². The number of fused-ring (bicyclic) bond motifs is 5. The van der Waals surface area contributed by atoms with Crippen molar-refractivity contribution >= 4 is 22.7 Å². The fraction of sp³-hybridized carbons (Fsp3) is 0.273. The maximum atomic E-state index is 13.6. The molecule has 0 spiro atoms. The molecule has 2 amide bonds. The van der Waals surface area contributed by atoms with E-state index in [1.165, 1.54) is 6.07 Å². The van der Waals surface area contributed by atoms with Gasteiger partial charge in [0.25, 0.3) is 0 Å². The van der Waals surface area contributed by atoms with E-state index in [0.29, 0.717) is 27.3 Å². The smallest absolute Gasteiger partial charge is 0.245 e. The standard InChI is InChI=1S/C22H19N3O4/c1-24-10-19(26)25-16(22(24)27)9-14-13-4-2-3-5-15(13)23-20(14)21(25)12-6-7-17-18(8-12)29-11-28-17/h2-8,16,21,23H,9-11H2,1H3/t16-,21-/m1/s1/i9D2,10D2,21D. The van der Waals surface area contributed by atoms with E-state index in [1.54, 1.807) is 36.4 Å². The van der Waals surface area contributed by atoms with Crippen LogP contribution in [0.15, 0.2) is 42.5 Å². The van der Waals surface area contributed by atoms with E-state index in [2.05, 4.69) is 4.98 Å². The second-order valence-corrected chi connectivity index (χ2v) is 7.07. The topological polar surface area (TPSA) is 74.9 Å². The van der Waals surface area contributed by atoms with Gasteiger partial charge in [0.15, 0.2) is 11.5 Å². The fourth-order valence-electron chi connectivity index (χ4n) is 4.07. The Morgan fingerprint density at radius 3 is 2.90 bits per heavy atom. The molecule has 2 atom stereocenters. The minimum Gasteiger partial charge on any atom is -0.454 e. The van der Waals surface area contributed by atoms with Crippen LogP contribution in [0.2, 0.25) is 0 Å². The lowest BCUT2D eigenvalue weighted by Gasteiger charge is -2.46. The van der Waals surface area contributed by atoms with E-state index in [4.69, 9.17) is 15.0 Å². The Morgan fingerprint density at radius 2 is 2.00 bits per heavy atom. The summed E-state index contributed by atoms with van der Waals surface area (Å²) in [5.74, 6) is -1.32. The molecule has 1 fully saturated rings. The number of aromatic amines is 1. The number of benzene rings is 2. The largest absolute Gasteiger partial charge is 0.454 e. The molecular weight excluding hydrogens is 370 g/mol. The van der Waals surface area contributed by atoms with Crippen molar-refractivity contribution in [1.29, 1.82) is 0 Å².